The van der Waals surface area contributed by atoms with Crippen LogP contribution in [0.5, 0.6) is 0 Å². The topological polar surface area (TPSA) is 55.4 Å². The van der Waals surface area contributed by atoms with Crippen molar-refractivity contribution in [3.05, 3.63) is 70.2 Å². The Morgan fingerprint density at radius 3 is 2.57 bits per heavy atom. The van der Waals surface area contributed by atoms with Crippen molar-refractivity contribution in [2.24, 2.45) is 0 Å². The summed E-state index contributed by atoms with van der Waals surface area (Å²) in [5.41, 5.74) is 2.36. The van der Waals surface area contributed by atoms with Crippen LogP contribution >= 0.6 is 11.6 Å². The Morgan fingerprint density at radius 2 is 1.91 bits per heavy atom. The third-order valence-electron chi connectivity index (χ3n) is 3.43. The highest BCUT2D eigenvalue weighted by molar-refractivity contribution is 6.33. The van der Waals surface area contributed by atoms with E-state index in [9.17, 15) is 9.59 Å². The van der Waals surface area contributed by atoms with Gasteiger partial charge < -0.3 is 10.1 Å². The molecule has 5 heteroatoms. The Hall–Kier alpha value is -2.33. The maximum Gasteiger partial charge on any atom is 0.328 e. The zero-order valence-electron chi connectivity index (χ0n) is 13.0. The number of carbonyl (C=O) groups excluding carboxylic acids is 2. The standard InChI is InChI=1S/C18H18ClNO3/c1-12-6-5-7-13(10-12)11-16(18(22)23-2)20-17(21)14-8-3-4-9-15(14)19/h3-10,16H,11H2,1-2H3,(H,20,21)/t16-/m1/s1. The molecule has 0 radical (unpaired) electrons. The molecule has 1 amide bonds. The second kappa shape index (κ2) is 7.79. The van der Waals surface area contributed by atoms with Gasteiger partial charge in [0.15, 0.2) is 0 Å². The quantitative estimate of drug-likeness (QED) is 0.856. The Labute approximate surface area is 140 Å². The van der Waals surface area contributed by atoms with Gasteiger partial charge in [-0.3, -0.25) is 4.79 Å². The monoisotopic (exact) mass is 331 g/mol. The molecule has 0 aliphatic carbocycles. The molecular formula is C18H18ClNO3. The van der Waals surface area contributed by atoms with E-state index in [0.29, 0.717) is 17.0 Å². The molecule has 120 valence electrons. The third-order valence-corrected chi connectivity index (χ3v) is 3.76. The summed E-state index contributed by atoms with van der Waals surface area (Å²) in [6.45, 7) is 1.97. The van der Waals surface area contributed by atoms with Gasteiger partial charge in [0.05, 0.1) is 17.7 Å². The number of hydrogen-bond acceptors (Lipinski definition) is 3. The van der Waals surface area contributed by atoms with Crippen LogP contribution in [0.15, 0.2) is 48.5 Å². The number of benzene rings is 2. The fourth-order valence-corrected chi connectivity index (χ4v) is 2.51. The fraction of sp³-hybridized carbons (Fsp3) is 0.222. The number of amides is 1. The van der Waals surface area contributed by atoms with Gasteiger partial charge in [0.2, 0.25) is 0 Å². The van der Waals surface area contributed by atoms with E-state index in [2.05, 4.69) is 5.32 Å². The summed E-state index contributed by atoms with van der Waals surface area (Å²) >= 11 is 6.02. The minimum atomic E-state index is -0.773. The van der Waals surface area contributed by atoms with Gasteiger partial charge >= 0.3 is 5.97 Å². The Kier molecular flexibility index (Phi) is 5.77. The van der Waals surface area contributed by atoms with Crippen molar-refractivity contribution in [1.82, 2.24) is 5.32 Å². The van der Waals surface area contributed by atoms with Crippen molar-refractivity contribution in [2.75, 3.05) is 7.11 Å². The number of esters is 1. The van der Waals surface area contributed by atoms with E-state index in [4.69, 9.17) is 16.3 Å². The average molecular weight is 332 g/mol. The lowest BCUT2D eigenvalue weighted by Crippen LogP contribution is -2.43. The van der Waals surface area contributed by atoms with Gasteiger partial charge in [-0.05, 0) is 24.6 Å². The molecule has 0 fully saturated rings. The van der Waals surface area contributed by atoms with Crippen LogP contribution in [0.2, 0.25) is 5.02 Å². The van der Waals surface area contributed by atoms with E-state index in [0.717, 1.165) is 11.1 Å². The average Bonchev–Trinajstić information content (AvgIpc) is 2.54. The first-order chi connectivity index (χ1) is 11.0. The summed E-state index contributed by atoms with van der Waals surface area (Å²) < 4.78 is 4.80. The zero-order chi connectivity index (χ0) is 16.8. The first-order valence-corrected chi connectivity index (χ1v) is 7.58. The van der Waals surface area contributed by atoms with Gasteiger partial charge in [-0.2, -0.15) is 0 Å². The molecule has 0 aliphatic heterocycles. The molecule has 23 heavy (non-hydrogen) atoms. The summed E-state index contributed by atoms with van der Waals surface area (Å²) in [6.07, 6.45) is 0.352. The van der Waals surface area contributed by atoms with Gasteiger partial charge in [0.25, 0.3) is 5.91 Å². The van der Waals surface area contributed by atoms with E-state index < -0.39 is 17.9 Å². The Balaban J connectivity index is 2.17. The minimum absolute atomic E-state index is 0.326. The molecule has 4 nitrogen and oxygen atoms in total. The summed E-state index contributed by atoms with van der Waals surface area (Å²) in [4.78, 5) is 24.3. The molecule has 0 saturated heterocycles. The normalized spacial score (nSPS) is 11.6. The largest absolute Gasteiger partial charge is 0.467 e. The lowest BCUT2D eigenvalue weighted by molar-refractivity contribution is -0.142. The van der Waals surface area contributed by atoms with Crippen LogP contribution in [0.1, 0.15) is 21.5 Å². The molecule has 0 aliphatic rings. The molecule has 0 heterocycles. The molecule has 2 aromatic rings. The van der Waals surface area contributed by atoms with Gasteiger partial charge in [-0.15, -0.1) is 0 Å². The SMILES string of the molecule is COC(=O)[C@@H](Cc1cccc(C)c1)NC(=O)c1ccccc1Cl. The molecular weight excluding hydrogens is 314 g/mol. The highest BCUT2D eigenvalue weighted by atomic mass is 35.5. The Bertz CT molecular complexity index is 715. The maximum absolute atomic E-state index is 12.4. The van der Waals surface area contributed by atoms with E-state index in [1.165, 1.54) is 7.11 Å². The smallest absolute Gasteiger partial charge is 0.328 e. The summed E-state index contributed by atoms with van der Waals surface area (Å²) in [7, 11) is 1.30. The van der Waals surface area contributed by atoms with Crippen molar-refractivity contribution >= 4 is 23.5 Å². The number of halogens is 1. The fourth-order valence-electron chi connectivity index (χ4n) is 2.29. The van der Waals surface area contributed by atoms with E-state index in [1.54, 1.807) is 24.3 Å². The summed E-state index contributed by atoms with van der Waals surface area (Å²) in [6, 6.07) is 13.7. The molecule has 1 atom stereocenters. The van der Waals surface area contributed by atoms with Gasteiger partial charge in [0, 0.05) is 6.42 Å². The van der Waals surface area contributed by atoms with Crippen LogP contribution in [0.25, 0.3) is 0 Å². The maximum atomic E-state index is 12.4. The molecule has 0 bridgehead atoms. The number of aryl methyl sites for hydroxylation is 1. The van der Waals surface area contributed by atoms with Crippen LogP contribution in [0.4, 0.5) is 0 Å². The van der Waals surface area contributed by atoms with Crippen molar-refractivity contribution in [1.29, 1.82) is 0 Å². The number of methoxy groups -OCH3 is 1. The molecule has 0 spiro atoms. The van der Waals surface area contributed by atoms with Crippen LogP contribution in [0.3, 0.4) is 0 Å². The Morgan fingerprint density at radius 1 is 1.17 bits per heavy atom. The predicted octanol–water partition coefficient (Wildman–Crippen LogP) is 3.16. The summed E-state index contributed by atoms with van der Waals surface area (Å²) in [5.74, 6) is -0.898. The van der Waals surface area contributed by atoms with Crippen molar-refractivity contribution in [2.45, 2.75) is 19.4 Å². The second-order valence-corrected chi connectivity index (χ2v) is 5.63. The van der Waals surface area contributed by atoms with Crippen molar-refractivity contribution in [3.8, 4) is 0 Å². The predicted molar refractivity (Wildman–Crippen MR) is 89.6 cm³/mol. The summed E-state index contributed by atoms with van der Waals surface area (Å²) in [5, 5.41) is 3.03. The van der Waals surface area contributed by atoms with Crippen LogP contribution in [-0.2, 0) is 16.0 Å². The number of nitrogens with one attached hydrogen (secondary N) is 1. The number of hydrogen-bond donors (Lipinski definition) is 1. The molecule has 2 rings (SSSR count). The van der Waals surface area contributed by atoms with Crippen LogP contribution in [0, 0.1) is 6.92 Å². The van der Waals surface area contributed by atoms with E-state index >= 15 is 0 Å². The van der Waals surface area contributed by atoms with Crippen LogP contribution in [-0.4, -0.2) is 25.0 Å². The number of carbonyl (C=O) groups is 2. The first-order valence-electron chi connectivity index (χ1n) is 7.20. The van der Waals surface area contributed by atoms with Gasteiger partial charge in [0.1, 0.15) is 6.04 Å². The van der Waals surface area contributed by atoms with Crippen molar-refractivity contribution in [3.63, 3.8) is 0 Å². The highest BCUT2D eigenvalue weighted by Crippen LogP contribution is 2.15. The second-order valence-electron chi connectivity index (χ2n) is 5.22. The van der Waals surface area contributed by atoms with Crippen LogP contribution < -0.4 is 5.32 Å². The lowest BCUT2D eigenvalue weighted by atomic mass is 10.0. The molecule has 0 saturated carbocycles. The number of ether oxygens (including phenoxy) is 1. The highest BCUT2D eigenvalue weighted by Gasteiger charge is 2.23. The molecule has 2 aromatic carbocycles. The van der Waals surface area contributed by atoms with E-state index in [1.807, 2.05) is 31.2 Å². The number of rotatable bonds is 5. The minimum Gasteiger partial charge on any atom is -0.467 e. The van der Waals surface area contributed by atoms with Gasteiger partial charge in [-0.25, -0.2) is 4.79 Å². The molecule has 0 unspecified atom stereocenters. The van der Waals surface area contributed by atoms with Gasteiger partial charge in [-0.1, -0.05) is 53.6 Å². The first kappa shape index (κ1) is 17.0. The van der Waals surface area contributed by atoms with Crippen molar-refractivity contribution < 1.29 is 14.3 Å². The zero-order valence-corrected chi connectivity index (χ0v) is 13.8. The third kappa shape index (κ3) is 4.57. The molecule has 0 aromatic heterocycles. The molecule has 1 N–H and O–H groups in total. The lowest BCUT2D eigenvalue weighted by Gasteiger charge is -2.17. The van der Waals surface area contributed by atoms with E-state index in [-0.39, 0.29) is 0 Å².